The number of carbonyl (C=O) groups excluding carboxylic acids is 3. The van der Waals surface area contributed by atoms with E-state index in [0.29, 0.717) is 19.4 Å². The van der Waals surface area contributed by atoms with Gasteiger partial charge in [0.15, 0.2) is 0 Å². The van der Waals surface area contributed by atoms with E-state index in [0.717, 1.165) is 38.5 Å². The average molecular weight is 492 g/mol. The van der Waals surface area contributed by atoms with Crippen molar-refractivity contribution in [2.75, 3.05) is 13.2 Å². The molecule has 3 rings (SSSR count). The summed E-state index contributed by atoms with van der Waals surface area (Å²) in [6.07, 6.45) is 10.5. The molecule has 2 fully saturated rings. The van der Waals surface area contributed by atoms with E-state index >= 15 is 0 Å². The number of amides is 3. The van der Waals surface area contributed by atoms with Crippen LogP contribution in [-0.2, 0) is 14.3 Å². The summed E-state index contributed by atoms with van der Waals surface area (Å²) in [6.45, 7) is 10.0. The van der Waals surface area contributed by atoms with Gasteiger partial charge in [-0.2, -0.15) is 0 Å². The maximum absolute atomic E-state index is 13.8. The molecule has 1 saturated carbocycles. The van der Waals surface area contributed by atoms with Crippen LogP contribution < -0.4 is 10.6 Å². The first-order valence-corrected chi connectivity index (χ1v) is 13.3. The van der Waals surface area contributed by atoms with Crippen LogP contribution in [0.2, 0.25) is 0 Å². The van der Waals surface area contributed by atoms with E-state index in [4.69, 9.17) is 4.74 Å². The minimum atomic E-state index is -0.742. The van der Waals surface area contributed by atoms with Crippen molar-refractivity contribution in [3.63, 3.8) is 0 Å². The first-order chi connectivity index (χ1) is 16.5. The molecule has 0 bridgehead atoms. The zero-order valence-corrected chi connectivity index (χ0v) is 22.1. The zero-order valence-electron chi connectivity index (χ0n) is 22.1. The van der Waals surface area contributed by atoms with E-state index in [1.165, 1.54) is 0 Å². The van der Waals surface area contributed by atoms with Crippen LogP contribution in [0.4, 0.5) is 4.79 Å². The maximum Gasteiger partial charge on any atom is 0.408 e. The molecule has 35 heavy (non-hydrogen) atoms. The third-order valence-electron chi connectivity index (χ3n) is 7.77. The van der Waals surface area contributed by atoms with Gasteiger partial charge in [0.1, 0.15) is 17.7 Å². The fourth-order valence-electron chi connectivity index (χ4n) is 5.72. The molecule has 2 aliphatic heterocycles. The topological polar surface area (TPSA) is 108 Å². The van der Waals surface area contributed by atoms with Crippen molar-refractivity contribution in [3.8, 4) is 0 Å². The highest BCUT2D eigenvalue weighted by atomic mass is 16.6. The summed E-state index contributed by atoms with van der Waals surface area (Å²) in [5.74, 6) is -0.0814. The van der Waals surface area contributed by atoms with E-state index < -0.39 is 23.8 Å². The number of ether oxygens (including phenoxy) is 1. The predicted octanol–water partition coefficient (Wildman–Crippen LogP) is 3.53. The third kappa shape index (κ3) is 6.99. The highest BCUT2D eigenvalue weighted by Gasteiger charge is 2.69. The van der Waals surface area contributed by atoms with Crippen LogP contribution in [0, 0.1) is 17.3 Å². The van der Waals surface area contributed by atoms with Crippen LogP contribution in [0.5, 0.6) is 0 Å². The lowest BCUT2D eigenvalue weighted by molar-refractivity contribution is -0.142. The number of nitrogens with zero attached hydrogens (tertiary/aromatic N) is 1. The normalized spacial score (nSPS) is 32.2. The van der Waals surface area contributed by atoms with Gasteiger partial charge in [0.05, 0.1) is 12.6 Å². The largest absolute Gasteiger partial charge is 0.444 e. The quantitative estimate of drug-likeness (QED) is 0.512. The standard InChI is InChI=1S/C27H45N3O5/c1-26(2,3)35-25(34)29-20-15-13-11-9-7-6-8-10-12-14-18(17-31)28-23(32)22-21-19(27(21,4)5)16-30(22)24(20)33/h6-7,18-22,31H,8-17H2,1-5H3,(H,28,32)(H,29,34)/t18-,19-,20-,21-,22-/m0/s1. The second-order valence-electron chi connectivity index (χ2n) is 12.0. The lowest BCUT2D eigenvalue weighted by atomic mass is 9.98. The number of nitrogens with one attached hydrogen (secondary N) is 2. The summed E-state index contributed by atoms with van der Waals surface area (Å²) >= 11 is 0. The first-order valence-electron chi connectivity index (χ1n) is 13.3. The lowest BCUT2D eigenvalue weighted by Gasteiger charge is -2.34. The molecule has 2 heterocycles. The van der Waals surface area contributed by atoms with Crippen LogP contribution in [-0.4, -0.2) is 64.8 Å². The number of fused-ring (bicyclic) bond motifs is 3. The summed E-state index contributed by atoms with van der Waals surface area (Å²) in [7, 11) is 0. The van der Waals surface area contributed by atoms with Gasteiger partial charge < -0.3 is 25.4 Å². The number of alkyl carbamates (subject to hydrolysis) is 1. The Labute approximate surface area is 210 Å². The van der Waals surface area contributed by atoms with Gasteiger partial charge in [0, 0.05) is 6.54 Å². The van der Waals surface area contributed by atoms with E-state index in [1.54, 1.807) is 25.7 Å². The molecule has 3 N–H and O–H groups in total. The van der Waals surface area contributed by atoms with Gasteiger partial charge in [-0.05, 0) is 76.5 Å². The van der Waals surface area contributed by atoms with Crippen molar-refractivity contribution in [2.45, 2.75) is 110 Å². The van der Waals surface area contributed by atoms with Crippen LogP contribution in [0.3, 0.4) is 0 Å². The van der Waals surface area contributed by atoms with E-state index in [-0.39, 0.29) is 41.7 Å². The van der Waals surface area contributed by atoms with Crippen LogP contribution in [0.1, 0.15) is 86.0 Å². The van der Waals surface area contributed by atoms with Gasteiger partial charge >= 0.3 is 6.09 Å². The molecule has 0 aromatic carbocycles. The van der Waals surface area contributed by atoms with Crippen molar-refractivity contribution < 1.29 is 24.2 Å². The Bertz CT molecular complexity index is 803. The molecule has 0 unspecified atom stereocenters. The summed E-state index contributed by atoms with van der Waals surface area (Å²) in [5.41, 5.74) is -0.679. The first kappa shape index (κ1) is 27.5. The number of hydrogen-bond donors (Lipinski definition) is 3. The molecule has 8 heteroatoms. The second kappa shape index (κ2) is 11.3. The fraction of sp³-hybridized carbons (Fsp3) is 0.815. The molecule has 3 aliphatic rings. The summed E-state index contributed by atoms with van der Waals surface area (Å²) < 4.78 is 5.43. The van der Waals surface area contributed by atoms with Gasteiger partial charge in [-0.3, -0.25) is 9.59 Å². The summed E-state index contributed by atoms with van der Waals surface area (Å²) in [6, 6.07) is -1.65. The Morgan fingerprint density at radius 1 is 1.14 bits per heavy atom. The van der Waals surface area contributed by atoms with Crippen molar-refractivity contribution >= 4 is 17.9 Å². The van der Waals surface area contributed by atoms with Gasteiger partial charge in [-0.15, -0.1) is 0 Å². The second-order valence-corrected chi connectivity index (χ2v) is 12.0. The Morgan fingerprint density at radius 3 is 2.37 bits per heavy atom. The molecule has 198 valence electrons. The molecule has 0 aromatic heterocycles. The van der Waals surface area contributed by atoms with E-state index in [1.807, 2.05) is 0 Å². The Balaban J connectivity index is 1.82. The van der Waals surface area contributed by atoms with Crippen LogP contribution in [0.25, 0.3) is 0 Å². The Kier molecular flexibility index (Phi) is 8.89. The number of allylic oxidation sites excluding steroid dienone is 2. The van der Waals surface area contributed by atoms with Crippen LogP contribution >= 0.6 is 0 Å². The molecule has 5 atom stereocenters. The average Bonchev–Trinajstić information content (AvgIpc) is 3.09. The van der Waals surface area contributed by atoms with Crippen molar-refractivity contribution in [1.29, 1.82) is 0 Å². The molecule has 1 saturated heterocycles. The number of aliphatic hydroxyl groups excluding tert-OH is 1. The predicted molar refractivity (Wildman–Crippen MR) is 135 cm³/mol. The van der Waals surface area contributed by atoms with Gasteiger partial charge in [0.2, 0.25) is 11.8 Å². The monoisotopic (exact) mass is 491 g/mol. The maximum atomic E-state index is 13.8. The molecular formula is C27H45N3O5. The van der Waals surface area contributed by atoms with E-state index in [2.05, 4.69) is 36.6 Å². The summed E-state index contributed by atoms with van der Waals surface area (Å²) in [5, 5.41) is 15.7. The van der Waals surface area contributed by atoms with Crippen LogP contribution in [0.15, 0.2) is 12.2 Å². The molecule has 0 spiro atoms. The minimum Gasteiger partial charge on any atom is -0.444 e. The molecular weight excluding hydrogens is 446 g/mol. The van der Waals surface area contributed by atoms with Crippen molar-refractivity contribution in [2.24, 2.45) is 17.3 Å². The SMILES string of the molecule is CC(C)(C)OC(=O)N[C@H]1CCCCC=CCCCC[C@@H](CO)NC(=O)[C@@H]2[C@@H]3[C@H](CN2C1=O)C3(C)C. The smallest absolute Gasteiger partial charge is 0.408 e. The Hall–Kier alpha value is -2.09. The Morgan fingerprint density at radius 2 is 1.77 bits per heavy atom. The van der Waals surface area contributed by atoms with E-state index in [9.17, 15) is 19.5 Å². The minimum absolute atomic E-state index is 0.00793. The summed E-state index contributed by atoms with van der Waals surface area (Å²) in [4.78, 5) is 41.5. The number of aliphatic hydroxyl groups is 1. The molecule has 0 radical (unpaired) electrons. The fourth-order valence-corrected chi connectivity index (χ4v) is 5.72. The van der Waals surface area contributed by atoms with Gasteiger partial charge in [-0.25, -0.2) is 4.79 Å². The number of carbonyl (C=O) groups is 3. The van der Waals surface area contributed by atoms with Crippen molar-refractivity contribution in [1.82, 2.24) is 15.5 Å². The lowest BCUT2D eigenvalue weighted by Crippen LogP contribution is -2.57. The highest BCUT2D eigenvalue weighted by Crippen LogP contribution is 2.64. The number of hydrogen-bond acceptors (Lipinski definition) is 5. The molecule has 8 nitrogen and oxygen atoms in total. The molecule has 3 amide bonds. The molecule has 1 aliphatic carbocycles. The number of piperidine rings is 1. The van der Waals surface area contributed by atoms with Crippen molar-refractivity contribution in [3.05, 3.63) is 12.2 Å². The zero-order chi connectivity index (χ0) is 25.8. The molecule has 0 aromatic rings. The van der Waals surface area contributed by atoms with Gasteiger partial charge in [-0.1, -0.05) is 38.8 Å². The highest BCUT2D eigenvalue weighted by molar-refractivity contribution is 5.93. The number of rotatable bonds is 2. The van der Waals surface area contributed by atoms with Gasteiger partial charge in [0.25, 0.3) is 0 Å². The third-order valence-corrected chi connectivity index (χ3v) is 7.77.